The van der Waals surface area contributed by atoms with Gasteiger partial charge >= 0.3 is 0 Å². The fourth-order valence-electron chi connectivity index (χ4n) is 1.76. The first-order valence-electron chi connectivity index (χ1n) is 6.17. The molecule has 1 N–H and O–H groups in total. The van der Waals surface area contributed by atoms with Crippen LogP contribution in [0.3, 0.4) is 0 Å². The van der Waals surface area contributed by atoms with E-state index in [2.05, 4.69) is 11.6 Å². The van der Waals surface area contributed by atoms with Gasteiger partial charge in [0.2, 0.25) is 0 Å². The molecule has 0 fully saturated rings. The number of methoxy groups -OCH3 is 1. The molecule has 0 aliphatic rings. The molecule has 0 saturated heterocycles. The SMILES string of the molecule is C=C(/C=C\C)C(=N[C@@H](O)OC)c1cc(C)ccc1C. The summed E-state index contributed by atoms with van der Waals surface area (Å²) in [6, 6.07) is 6.11. The summed E-state index contributed by atoms with van der Waals surface area (Å²) in [6.45, 7) is 9.94. The minimum Gasteiger partial charge on any atom is -0.350 e. The van der Waals surface area contributed by atoms with Crippen LogP contribution in [0.5, 0.6) is 0 Å². The summed E-state index contributed by atoms with van der Waals surface area (Å²) in [4.78, 5) is 4.18. The maximum absolute atomic E-state index is 9.59. The third-order valence-electron chi connectivity index (χ3n) is 2.77. The second-order valence-electron chi connectivity index (χ2n) is 4.38. The van der Waals surface area contributed by atoms with Crippen LogP contribution >= 0.6 is 0 Å². The third kappa shape index (κ3) is 4.16. The number of aliphatic hydroxyl groups is 1. The first-order valence-corrected chi connectivity index (χ1v) is 6.17. The van der Waals surface area contributed by atoms with Gasteiger partial charge in [0.1, 0.15) is 0 Å². The van der Waals surface area contributed by atoms with Crippen molar-refractivity contribution in [2.24, 2.45) is 4.99 Å². The number of hydrogen-bond acceptors (Lipinski definition) is 3. The Bertz CT molecular complexity index is 515. The number of aliphatic hydroxyl groups excluding tert-OH is 1. The Morgan fingerprint density at radius 3 is 2.68 bits per heavy atom. The zero-order chi connectivity index (χ0) is 14.4. The van der Waals surface area contributed by atoms with Crippen LogP contribution in [0.2, 0.25) is 0 Å². The van der Waals surface area contributed by atoms with Crippen molar-refractivity contribution in [2.45, 2.75) is 27.2 Å². The van der Waals surface area contributed by atoms with Crippen molar-refractivity contribution in [2.75, 3.05) is 7.11 Å². The Balaban J connectivity index is 3.34. The molecule has 1 atom stereocenters. The van der Waals surface area contributed by atoms with Crippen molar-refractivity contribution in [3.63, 3.8) is 0 Å². The lowest BCUT2D eigenvalue weighted by atomic mass is 9.97. The highest BCUT2D eigenvalue weighted by molar-refractivity contribution is 6.14. The van der Waals surface area contributed by atoms with Crippen molar-refractivity contribution in [1.29, 1.82) is 0 Å². The van der Waals surface area contributed by atoms with Gasteiger partial charge in [0.15, 0.2) is 0 Å². The van der Waals surface area contributed by atoms with E-state index in [1.807, 2.05) is 51.1 Å². The monoisotopic (exact) mass is 259 g/mol. The molecule has 0 saturated carbocycles. The van der Waals surface area contributed by atoms with Crippen molar-refractivity contribution < 1.29 is 9.84 Å². The molecule has 0 aliphatic heterocycles. The number of allylic oxidation sites excluding steroid dienone is 3. The van der Waals surface area contributed by atoms with Crippen LogP contribution in [-0.2, 0) is 4.74 Å². The van der Waals surface area contributed by atoms with Gasteiger partial charge < -0.3 is 9.84 Å². The summed E-state index contributed by atoms with van der Waals surface area (Å²) in [5, 5.41) is 9.59. The molecule has 3 heteroatoms. The lowest BCUT2D eigenvalue weighted by Crippen LogP contribution is -2.13. The number of hydrogen-bond donors (Lipinski definition) is 1. The smallest absolute Gasteiger partial charge is 0.255 e. The molecule has 1 rings (SSSR count). The average molecular weight is 259 g/mol. The van der Waals surface area contributed by atoms with Crippen molar-refractivity contribution in [3.05, 3.63) is 59.2 Å². The molecule has 0 aromatic heterocycles. The Hall–Kier alpha value is -1.71. The van der Waals surface area contributed by atoms with Gasteiger partial charge in [0.05, 0.1) is 5.71 Å². The Labute approximate surface area is 115 Å². The number of rotatable bonds is 5. The summed E-state index contributed by atoms with van der Waals surface area (Å²) >= 11 is 0. The van der Waals surface area contributed by atoms with Crippen molar-refractivity contribution in [1.82, 2.24) is 0 Å². The van der Waals surface area contributed by atoms with Gasteiger partial charge in [-0.25, -0.2) is 4.99 Å². The lowest BCUT2D eigenvalue weighted by molar-refractivity contribution is -0.0656. The van der Waals surface area contributed by atoms with Crippen molar-refractivity contribution >= 4 is 5.71 Å². The molecule has 0 aliphatic carbocycles. The highest BCUT2D eigenvalue weighted by Crippen LogP contribution is 2.17. The Morgan fingerprint density at radius 1 is 1.42 bits per heavy atom. The van der Waals surface area contributed by atoms with Gasteiger partial charge in [-0.3, -0.25) is 0 Å². The zero-order valence-electron chi connectivity index (χ0n) is 12.0. The van der Waals surface area contributed by atoms with E-state index in [-0.39, 0.29) is 0 Å². The van der Waals surface area contributed by atoms with Gasteiger partial charge in [0.25, 0.3) is 6.41 Å². The summed E-state index contributed by atoms with van der Waals surface area (Å²) in [7, 11) is 1.41. The molecule has 0 heterocycles. The van der Waals surface area contributed by atoms with E-state index in [1.54, 1.807) is 0 Å². The van der Waals surface area contributed by atoms with Gasteiger partial charge in [-0.2, -0.15) is 0 Å². The number of benzene rings is 1. The molecule has 1 aromatic rings. The van der Waals surface area contributed by atoms with Crippen LogP contribution in [0.4, 0.5) is 0 Å². The fourth-order valence-corrected chi connectivity index (χ4v) is 1.76. The molecule has 1 aromatic carbocycles. The molecule has 19 heavy (non-hydrogen) atoms. The van der Waals surface area contributed by atoms with E-state index < -0.39 is 6.41 Å². The number of ether oxygens (including phenoxy) is 1. The Kier molecular flexibility index (Phi) is 5.67. The summed E-state index contributed by atoms with van der Waals surface area (Å²) in [5.74, 6) is 0. The van der Waals surface area contributed by atoms with Gasteiger partial charge in [0, 0.05) is 12.7 Å². The second-order valence-corrected chi connectivity index (χ2v) is 4.38. The van der Waals surface area contributed by atoms with E-state index >= 15 is 0 Å². The minimum atomic E-state index is -1.18. The van der Waals surface area contributed by atoms with Crippen LogP contribution in [0.15, 0.2) is 47.5 Å². The zero-order valence-corrected chi connectivity index (χ0v) is 12.0. The summed E-state index contributed by atoms with van der Waals surface area (Å²) < 4.78 is 4.80. The molecular formula is C16H21NO2. The van der Waals surface area contributed by atoms with E-state index in [0.717, 1.165) is 22.3 Å². The average Bonchev–Trinajstić information content (AvgIpc) is 2.39. The molecule has 0 amide bonds. The fraction of sp³-hybridized carbons (Fsp3) is 0.312. The molecule has 0 unspecified atom stereocenters. The van der Waals surface area contributed by atoms with Crippen molar-refractivity contribution in [3.8, 4) is 0 Å². The summed E-state index contributed by atoms with van der Waals surface area (Å²) in [6.07, 6.45) is 2.57. The van der Waals surface area contributed by atoms with E-state index in [4.69, 9.17) is 4.74 Å². The lowest BCUT2D eigenvalue weighted by Gasteiger charge is -2.13. The Morgan fingerprint density at radius 2 is 2.11 bits per heavy atom. The largest absolute Gasteiger partial charge is 0.350 e. The predicted octanol–water partition coefficient (Wildman–Crippen LogP) is 3.15. The number of aliphatic imine (C=N–C) groups is 1. The quantitative estimate of drug-likeness (QED) is 0.501. The molecule has 0 bridgehead atoms. The standard InChI is InChI=1S/C16H21NO2/c1-6-7-13(4)15(17-16(18)19-5)14-10-11(2)8-9-12(14)3/h6-10,16,18H,4H2,1-3,5H3/b7-6-,17-15?/t16-/m0/s1. The number of aryl methyl sites for hydroxylation is 2. The van der Waals surface area contributed by atoms with Crippen LogP contribution in [0.25, 0.3) is 0 Å². The molecule has 3 nitrogen and oxygen atoms in total. The van der Waals surface area contributed by atoms with Crippen LogP contribution in [0.1, 0.15) is 23.6 Å². The topological polar surface area (TPSA) is 41.8 Å². The highest BCUT2D eigenvalue weighted by Gasteiger charge is 2.11. The van der Waals surface area contributed by atoms with E-state index in [0.29, 0.717) is 5.71 Å². The molecule has 0 radical (unpaired) electrons. The molecule has 102 valence electrons. The van der Waals surface area contributed by atoms with Crippen LogP contribution < -0.4 is 0 Å². The maximum Gasteiger partial charge on any atom is 0.255 e. The first-order chi connectivity index (χ1) is 8.99. The second kappa shape index (κ2) is 7.02. The minimum absolute atomic E-state index is 0.647. The van der Waals surface area contributed by atoms with E-state index in [1.165, 1.54) is 7.11 Å². The number of nitrogens with zero attached hydrogens (tertiary/aromatic N) is 1. The third-order valence-corrected chi connectivity index (χ3v) is 2.77. The van der Waals surface area contributed by atoms with Crippen LogP contribution in [-0.4, -0.2) is 24.3 Å². The predicted molar refractivity (Wildman–Crippen MR) is 79.4 cm³/mol. The molecular weight excluding hydrogens is 238 g/mol. The van der Waals surface area contributed by atoms with Crippen LogP contribution in [0, 0.1) is 13.8 Å². The highest BCUT2D eigenvalue weighted by atomic mass is 16.6. The van der Waals surface area contributed by atoms with Gasteiger partial charge in [-0.1, -0.05) is 36.4 Å². The van der Waals surface area contributed by atoms with Gasteiger partial charge in [-0.05, 0) is 38.0 Å². The van der Waals surface area contributed by atoms with Gasteiger partial charge in [-0.15, -0.1) is 0 Å². The first kappa shape index (κ1) is 15.3. The maximum atomic E-state index is 9.59. The molecule has 0 spiro atoms. The van der Waals surface area contributed by atoms with E-state index in [9.17, 15) is 5.11 Å². The normalized spacial score (nSPS) is 13.8. The summed E-state index contributed by atoms with van der Waals surface area (Å²) in [5.41, 5.74) is 4.56.